The van der Waals surface area contributed by atoms with Gasteiger partial charge in [-0.2, -0.15) is 13.2 Å². The molecular weight excluding hydrogens is 420 g/mol. The Morgan fingerprint density at radius 1 is 1.19 bits per heavy atom. The van der Waals surface area contributed by atoms with Crippen molar-refractivity contribution in [1.29, 1.82) is 0 Å². The van der Waals surface area contributed by atoms with E-state index in [1.807, 2.05) is 0 Å². The van der Waals surface area contributed by atoms with Crippen LogP contribution in [0.15, 0.2) is 48.8 Å². The molecular formula is C20H16F4N4O3. The highest BCUT2D eigenvalue weighted by atomic mass is 19.4. The number of urea groups is 1. The number of imide groups is 1. The van der Waals surface area contributed by atoms with E-state index in [-0.39, 0.29) is 23.8 Å². The van der Waals surface area contributed by atoms with Crippen molar-refractivity contribution in [2.24, 2.45) is 0 Å². The first-order valence-electron chi connectivity index (χ1n) is 9.06. The van der Waals surface area contributed by atoms with Gasteiger partial charge in [0.1, 0.15) is 11.6 Å². The molecule has 7 nitrogen and oxygen atoms in total. The minimum atomic E-state index is -4.99. The van der Waals surface area contributed by atoms with Crippen LogP contribution in [0.2, 0.25) is 0 Å². The van der Waals surface area contributed by atoms with Gasteiger partial charge in [0.2, 0.25) is 0 Å². The van der Waals surface area contributed by atoms with Crippen molar-refractivity contribution < 1.29 is 31.9 Å². The molecule has 0 saturated heterocycles. The van der Waals surface area contributed by atoms with Crippen molar-refractivity contribution >= 4 is 23.7 Å². The van der Waals surface area contributed by atoms with Gasteiger partial charge in [0.05, 0.1) is 23.2 Å². The number of carbonyl (C=O) groups is 3. The number of nitrogens with zero attached hydrogens (tertiary/aromatic N) is 3. The summed E-state index contributed by atoms with van der Waals surface area (Å²) in [4.78, 5) is 42.7. The second-order valence-electron chi connectivity index (χ2n) is 6.38. The molecule has 0 unspecified atom stereocenters. The first-order chi connectivity index (χ1) is 14.6. The highest BCUT2D eigenvalue weighted by molar-refractivity contribution is 6.10. The molecule has 0 fully saturated rings. The number of rotatable bonds is 4. The Balaban J connectivity index is 1.90. The molecule has 1 aliphatic rings. The minimum absolute atomic E-state index is 0.0244. The van der Waals surface area contributed by atoms with Gasteiger partial charge >= 0.3 is 12.2 Å². The first kappa shape index (κ1) is 21.9. The number of anilines is 1. The Bertz CT molecular complexity index is 1050. The number of aromatic nitrogens is 1. The van der Waals surface area contributed by atoms with Crippen molar-refractivity contribution in [3.05, 3.63) is 71.3 Å². The van der Waals surface area contributed by atoms with Crippen LogP contribution in [0.4, 0.5) is 28.2 Å². The summed E-state index contributed by atoms with van der Waals surface area (Å²) in [6.07, 6.45) is -1.15. The summed E-state index contributed by atoms with van der Waals surface area (Å²) in [5.41, 5.74) is -2.48. The van der Waals surface area contributed by atoms with E-state index in [0.29, 0.717) is 23.6 Å². The molecule has 2 aromatic rings. The number of halogens is 4. The van der Waals surface area contributed by atoms with Crippen molar-refractivity contribution in [2.45, 2.75) is 13.1 Å². The molecule has 1 aromatic heterocycles. The number of nitrogens with one attached hydrogen (secondary N) is 1. The monoisotopic (exact) mass is 436 g/mol. The Hall–Kier alpha value is -3.76. The van der Waals surface area contributed by atoms with Crippen molar-refractivity contribution in [3.63, 3.8) is 0 Å². The summed E-state index contributed by atoms with van der Waals surface area (Å²) in [5.74, 6) is -3.17. The van der Waals surface area contributed by atoms with E-state index in [4.69, 9.17) is 0 Å². The maximum absolute atomic E-state index is 14.2. The van der Waals surface area contributed by atoms with Gasteiger partial charge in [-0.25, -0.2) is 14.2 Å². The van der Waals surface area contributed by atoms with Crippen LogP contribution in [0.5, 0.6) is 0 Å². The molecule has 4 amide bonds. The highest BCUT2D eigenvalue weighted by Gasteiger charge is 2.40. The van der Waals surface area contributed by atoms with Crippen LogP contribution in [0.25, 0.3) is 0 Å². The first-order valence-corrected chi connectivity index (χ1v) is 9.06. The molecule has 1 aliphatic heterocycles. The number of benzene rings is 1. The van der Waals surface area contributed by atoms with Gasteiger partial charge in [0.25, 0.3) is 11.8 Å². The lowest BCUT2D eigenvalue weighted by Gasteiger charge is -2.30. The van der Waals surface area contributed by atoms with Gasteiger partial charge in [-0.15, -0.1) is 0 Å². The van der Waals surface area contributed by atoms with Crippen LogP contribution < -0.4 is 10.2 Å². The van der Waals surface area contributed by atoms with Crippen LogP contribution >= 0.6 is 0 Å². The molecule has 0 radical (unpaired) electrons. The topological polar surface area (TPSA) is 82.6 Å². The normalized spacial score (nSPS) is 14.0. The van der Waals surface area contributed by atoms with Gasteiger partial charge in [-0.05, 0) is 37.3 Å². The van der Waals surface area contributed by atoms with Gasteiger partial charge in [-0.1, -0.05) is 6.07 Å². The quantitative estimate of drug-likeness (QED) is 0.743. The van der Waals surface area contributed by atoms with E-state index in [1.165, 1.54) is 30.6 Å². The second-order valence-corrected chi connectivity index (χ2v) is 6.38. The number of hydrogen-bond donors (Lipinski definition) is 1. The fraction of sp³-hybridized carbons (Fsp3) is 0.200. The largest absolute Gasteiger partial charge is 0.417 e. The van der Waals surface area contributed by atoms with Crippen LogP contribution in [0.3, 0.4) is 0 Å². The molecule has 1 aromatic carbocycles. The van der Waals surface area contributed by atoms with Gasteiger partial charge in [0, 0.05) is 18.9 Å². The summed E-state index contributed by atoms with van der Waals surface area (Å²) in [5, 5.41) is 2.58. The molecule has 0 saturated carbocycles. The van der Waals surface area contributed by atoms with Crippen molar-refractivity contribution in [3.8, 4) is 0 Å². The average Bonchev–Trinajstić information content (AvgIpc) is 2.73. The smallest absolute Gasteiger partial charge is 0.352 e. The molecule has 162 valence electrons. The lowest BCUT2D eigenvalue weighted by Crippen LogP contribution is -2.48. The highest BCUT2D eigenvalue weighted by Crippen LogP contribution is 2.34. The standard InChI is InChI=1S/C20H16F4N4O3/c1-2-25-17(29)12-7-8-15(26-11-12)27-9-4-10-28(19(27)31)18(30)16-13(20(22,23)24)5-3-6-14(16)21/h3-9,11H,2,10H2,1H3,(H,25,29). The molecule has 0 aliphatic carbocycles. The summed E-state index contributed by atoms with van der Waals surface area (Å²) in [7, 11) is 0. The number of alkyl halides is 3. The predicted molar refractivity (Wildman–Crippen MR) is 102 cm³/mol. The van der Waals surface area contributed by atoms with E-state index in [9.17, 15) is 31.9 Å². The van der Waals surface area contributed by atoms with Gasteiger partial charge < -0.3 is 5.32 Å². The number of hydrogen-bond acceptors (Lipinski definition) is 4. The average molecular weight is 436 g/mol. The lowest BCUT2D eigenvalue weighted by molar-refractivity contribution is -0.138. The van der Waals surface area contributed by atoms with Gasteiger partial charge in [0.15, 0.2) is 0 Å². The van der Waals surface area contributed by atoms with E-state index >= 15 is 0 Å². The Kier molecular flexibility index (Phi) is 6.04. The fourth-order valence-electron chi connectivity index (χ4n) is 2.91. The van der Waals surface area contributed by atoms with Gasteiger partial charge in [-0.3, -0.25) is 19.4 Å². The third-order valence-corrected chi connectivity index (χ3v) is 4.35. The molecule has 0 spiro atoms. The third-order valence-electron chi connectivity index (χ3n) is 4.35. The van der Waals surface area contributed by atoms with Crippen LogP contribution in [0, 0.1) is 5.82 Å². The van der Waals surface area contributed by atoms with E-state index in [2.05, 4.69) is 10.3 Å². The number of carbonyl (C=O) groups excluding carboxylic acids is 3. The minimum Gasteiger partial charge on any atom is -0.352 e. The summed E-state index contributed by atoms with van der Waals surface area (Å²) >= 11 is 0. The summed E-state index contributed by atoms with van der Waals surface area (Å²) in [6, 6.07) is 3.84. The molecule has 0 bridgehead atoms. The zero-order chi connectivity index (χ0) is 22.8. The molecule has 0 atom stereocenters. The number of amides is 4. The van der Waals surface area contributed by atoms with E-state index < -0.39 is 35.1 Å². The maximum Gasteiger partial charge on any atom is 0.417 e. The molecule has 1 N–H and O–H groups in total. The maximum atomic E-state index is 14.2. The lowest BCUT2D eigenvalue weighted by atomic mass is 10.0. The van der Waals surface area contributed by atoms with Crippen LogP contribution in [-0.4, -0.2) is 40.8 Å². The number of pyridine rings is 1. The van der Waals surface area contributed by atoms with Crippen molar-refractivity contribution in [1.82, 2.24) is 15.2 Å². The van der Waals surface area contributed by atoms with E-state index in [1.54, 1.807) is 6.92 Å². The Morgan fingerprint density at radius 2 is 1.94 bits per heavy atom. The molecule has 11 heteroatoms. The van der Waals surface area contributed by atoms with E-state index in [0.717, 1.165) is 11.0 Å². The van der Waals surface area contributed by atoms with Crippen LogP contribution in [0.1, 0.15) is 33.2 Å². The SMILES string of the molecule is CCNC(=O)c1ccc(N2C=CCN(C(=O)c3c(F)cccc3C(F)(F)F)C2=O)nc1. The summed E-state index contributed by atoms with van der Waals surface area (Å²) < 4.78 is 54.0. The molecule has 31 heavy (non-hydrogen) atoms. The second kappa shape index (κ2) is 8.54. The summed E-state index contributed by atoms with van der Waals surface area (Å²) in [6.45, 7) is 1.79. The van der Waals surface area contributed by atoms with Crippen molar-refractivity contribution in [2.75, 3.05) is 18.0 Å². The molecule has 2 heterocycles. The Labute approximate surface area is 174 Å². The molecule has 3 rings (SSSR count). The Morgan fingerprint density at radius 3 is 2.55 bits per heavy atom. The predicted octanol–water partition coefficient (Wildman–Crippen LogP) is 3.59. The zero-order valence-electron chi connectivity index (χ0n) is 16.1. The fourth-order valence-corrected chi connectivity index (χ4v) is 2.91. The third kappa shape index (κ3) is 4.39. The van der Waals surface area contributed by atoms with Crippen LogP contribution in [-0.2, 0) is 6.18 Å². The zero-order valence-corrected chi connectivity index (χ0v) is 16.1.